The molecule has 0 unspecified atom stereocenters. The van der Waals surface area contributed by atoms with Gasteiger partial charge in [0, 0.05) is 43.3 Å². The molecular formula is C16H22Cl2N2O2. The summed E-state index contributed by atoms with van der Waals surface area (Å²) in [6.45, 7) is 3.70. The first kappa shape index (κ1) is 17.5. The first-order valence-electron chi connectivity index (χ1n) is 7.52. The van der Waals surface area contributed by atoms with Crippen LogP contribution in [-0.4, -0.2) is 38.8 Å². The number of hydrogen-bond acceptors (Lipinski definition) is 3. The molecule has 0 spiro atoms. The maximum atomic E-state index is 12.1. The van der Waals surface area contributed by atoms with Crippen molar-refractivity contribution in [1.29, 1.82) is 0 Å². The Kier molecular flexibility index (Phi) is 6.09. The lowest BCUT2D eigenvalue weighted by atomic mass is 9.74. The number of benzene rings is 1. The Morgan fingerprint density at radius 3 is 2.68 bits per heavy atom. The van der Waals surface area contributed by atoms with Gasteiger partial charge < -0.3 is 15.4 Å². The minimum atomic E-state index is -0.0595. The number of nitrogens with one attached hydrogen (secondary N) is 2. The normalized spacial score (nSPS) is 20.6. The third-order valence-electron chi connectivity index (χ3n) is 4.64. The Labute approximate surface area is 142 Å². The van der Waals surface area contributed by atoms with Gasteiger partial charge in [-0.25, -0.2) is 0 Å². The lowest BCUT2D eigenvalue weighted by molar-refractivity contribution is -0.126. The molecule has 6 heteroatoms. The highest BCUT2D eigenvalue weighted by Crippen LogP contribution is 2.35. The Balaban J connectivity index is 0.00000176. The Morgan fingerprint density at radius 2 is 2.09 bits per heavy atom. The van der Waals surface area contributed by atoms with Gasteiger partial charge in [-0.15, -0.1) is 12.4 Å². The third kappa shape index (κ3) is 3.74. The largest absolute Gasteiger partial charge is 0.381 e. The van der Waals surface area contributed by atoms with E-state index in [1.165, 1.54) is 5.56 Å². The van der Waals surface area contributed by atoms with Crippen molar-refractivity contribution in [2.24, 2.45) is 5.92 Å². The smallest absolute Gasteiger partial charge is 0.225 e. The molecule has 2 aliphatic heterocycles. The van der Waals surface area contributed by atoms with Crippen LogP contribution in [0.3, 0.4) is 0 Å². The van der Waals surface area contributed by atoms with Gasteiger partial charge in [-0.1, -0.05) is 23.7 Å². The molecule has 122 valence electrons. The summed E-state index contributed by atoms with van der Waals surface area (Å²) in [5, 5.41) is 7.01. The van der Waals surface area contributed by atoms with Crippen molar-refractivity contribution in [3.63, 3.8) is 0 Å². The number of carbonyl (C=O) groups is 1. The zero-order valence-corrected chi connectivity index (χ0v) is 14.0. The van der Waals surface area contributed by atoms with Crippen molar-refractivity contribution in [1.82, 2.24) is 10.6 Å². The highest BCUT2D eigenvalue weighted by molar-refractivity contribution is 6.30. The van der Waals surface area contributed by atoms with Gasteiger partial charge in [0.25, 0.3) is 0 Å². The van der Waals surface area contributed by atoms with E-state index in [1.807, 2.05) is 18.2 Å². The summed E-state index contributed by atoms with van der Waals surface area (Å²) in [5.41, 5.74) is 1.14. The molecule has 2 saturated heterocycles. The summed E-state index contributed by atoms with van der Waals surface area (Å²) in [6.07, 6.45) is 1.83. The second kappa shape index (κ2) is 7.64. The molecule has 0 aliphatic carbocycles. The van der Waals surface area contributed by atoms with Gasteiger partial charge in [-0.2, -0.15) is 0 Å². The van der Waals surface area contributed by atoms with Gasteiger partial charge in [0.05, 0.1) is 5.92 Å². The molecule has 4 nitrogen and oxygen atoms in total. The van der Waals surface area contributed by atoms with Crippen LogP contribution in [0, 0.1) is 5.92 Å². The van der Waals surface area contributed by atoms with Gasteiger partial charge in [0.1, 0.15) is 0 Å². The van der Waals surface area contributed by atoms with Gasteiger partial charge >= 0.3 is 0 Å². The van der Waals surface area contributed by atoms with Crippen molar-refractivity contribution in [3.05, 3.63) is 34.9 Å². The molecule has 2 aliphatic rings. The molecule has 0 aromatic heterocycles. The van der Waals surface area contributed by atoms with E-state index in [2.05, 4.69) is 16.7 Å². The predicted molar refractivity (Wildman–Crippen MR) is 89.8 cm³/mol. The zero-order valence-electron chi connectivity index (χ0n) is 12.4. The van der Waals surface area contributed by atoms with E-state index in [0.29, 0.717) is 6.54 Å². The first-order chi connectivity index (χ1) is 10.2. The number of ether oxygens (including phenoxy) is 1. The van der Waals surface area contributed by atoms with Crippen LogP contribution in [-0.2, 0) is 14.9 Å². The highest BCUT2D eigenvalue weighted by Gasteiger charge is 2.36. The van der Waals surface area contributed by atoms with E-state index in [1.54, 1.807) is 0 Å². The number of halogens is 2. The van der Waals surface area contributed by atoms with E-state index in [4.69, 9.17) is 16.3 Å². The summed E-state index contributed by atoms with van der Waals surface area (Å²) in [6, 6.07) is 7.99. The van der Waals surface area contributed by atoms with Crippen LogP contribution in [0.2, 0.25) is 5.02 Å². The quantitative estimate of drug-likeness (QED) is 0.879. The summed E-state index contributed by atoms with van der Waals surface area (Å²) >= 11 is 6.14. The summed E-state index contributed by atoms with van der Waals surface area (Å²) < 4.78 is 5.51. The lowest BCUT2D eigenvalue weighted by Gasteiger charge is -2.39. The van der Waals surface area contributed by atoms with Crippen molar-refractivity contribution in [2.45, 2.75) is 18.3 Å². The maximum absolute atomic E-state index is 12.1. The van der Waals surface area contributed by atoms with Crippen LogP contribution in [0.15, 0.2) is 24.3 Å². The molecule has 1 aromatic carbocycles. The van der Waals surface area contributed by atoms with Crippen LogP contribution >= 0.6 is 24.0 Å². The number of amides is 1. The molecule has 2 fully saturated rings. The molecule has 2 heterocycles. The third-order valence-corrected chi connectivity index (χ3v) is 4.88. The summed E-state index contributed by atoms with van der Waals surface area (Å²) in [4.78, 5) is 12.1. The molecular weight excluding hydrogens is 323 g/mol. The molecule has 0 saturated carbocycles. The summed E-state index contributed by atoms with van der Waals surface area (Å²) in [7, 11) is 0. The molecule has 0 radical (unpaired) electrons. The van der Waals surface area contributed by atoms with Crippen LogP contribution in [0.4, 0.5) is 0 Å². The molecule has 3 rings (SSSR count). The van der Waals surface area contributed by atoms with Crippen molar-refractivity contribution in [2.75, 3.05) is 32.8 Å². The van der Waals surface area contributed by atoms with Crippen LogP contribution in [0.1, 0.15) is 18.4 Å². The van der Waals surface area contributed by atoms with Gasteiger partial charge in [-0.3, -0.25) is 4.79 Å². The molecule has 22 heavy (non-hydrogen) atoms. The summed E-state index contributed by atoms with van der Waals surface area (Å²) in [5.74, 6) is 0.280. The van der Waals surface area contributed by atoms with Crippen molar-refractivity contribution in [3.8, 4) is 0 Å². The topological polar surface area (TPSA) is 50.4 Å². The van der Waals surface area contributed by atoms with Crippen LogP contribution < -0.4 is 10.6 Å². The van der Waals surface area contributed by atoms with E-state index in [0.717, 1.165) is 44.2 Å². The van der Waals surface area contributed by atoms with E-state index < -0.39 is 0 Å². The van der Waals surface area contributed by atoms with Crippen molar-refractivity contribution >= 4 is 29.9 Å². The Hall–Kier alpha value is -0.810. The molecule has 2 N–H and O–H groups in total. The van der Waals surface area contributed by atoms with Gasteiger partial charge in [0.2, 0.25) is 5.91 Å². The average Bonchev–Trinajstić information content (AvgIpc) is 2.44. The molecule has 0 bridgehead atoms. The standard InChI is InChI=1S/C16H21ClN2O2.ClH/c17-14-3-1-2-13(8-14)16(4-6-21-7-5-16)11-19-15(20)12-9-18-10-12;/h1-3,8,12,18H,4-7,9-11H2,(H,19,20);1H. The average molecular weight is 345 g/mol. The second-order valence-corrected chi connectivity index (χ2v) is 6.41. The lowest BCUT2D eigenvalue weighted by Crippen LogP contribution is -2.53. The highest BCUT2D eigenvalue weighted by atomic mass is 35.5. The second-order valence-electron chi connectivity index (χ2n) is 5.98. The van der Waals surface area contributed by atoms with E-state index in [9.17, 15) is 4.79 Å². The van der Waals surface area contributed by atoms with Crippen LogP contribution in [0.25, 0.3) is 0 Å². The minimum absolute atomic E-state index is 0. The van der Waals surface area contributed by atoms with Crippen molar-refractivity contribution < 1.29 is 9.53 Å². The Bertz CT molecular complexity index is 515. The fourth-order valence-electron chi connectivity index (χ4n) is 3.02. The van der Waals surface area contributed by atoms with Gasteiger partial charge in [0.15, 0.2) is 0 Å². The van der Waals surface area contributed by atoms with E-state index in [-0.39, 0.29) is 29.6 Å². The number of hydrogen-bond donors (Lipinski definition) is 2. The fourth-order valence-corrected chi connectivity index (χ4v) is 3.21. The molecule has 1 aromatic rings. The zero-order chi connectivity index (χ0) is 14.7. The number of carbonyl (C=O) groups excluding carboxylic acids is 1. The number of rotatable bonds is 4. The minimum Gasteiger partial charge on any atom is -0.381 e. The monoisotopic (exact) mass is 344 g/mol. The van der Waals surface area contributed by atoms with Crippen LogP contribution in [0.5, 0.6) is 0 Å². The van der Waals surface area contributed by atoms with Gasteiger partial charge in [-0.05, 0) is 30.5 Å². The first-order valence-corrected chi connectivity index (χ1v) is 7.90. The SMILES string of the molecule is Cl.O=C(NCC1(c2cccc(Cl)c2)CCOCC1)C1CNC1. The molecule has 0 atom stereocenters. The molecule has 1 amide bonds. The van der Waals surface area contributed by atoms with E-state index >= 15 is 0 Å². The fraction of sp³-hybridized carbons (Fsp3) is 0.562. The maximum Gasteiger partial charge on any atom is 0.225 e. The Morgan fingerprint density at radius 1 is 1.36 bits per heavy atom. The predicted octanol–water partition coefficient (Wildman–Crippen LogP) is 2.15.